The molecule has 1 aromatic heterocycles. The van der Waals surface area contributed by atoms with Crippen LogP contribution in [0.15, 0.2) is 67.4 Å². The van der Waals surface area contributed by atoms with Crippen LogP contribution < -0.4 is 20.9 Å². The van der Waals surface area contributed by atoms with Crippen molar-refractivity contribution in [2.75, 3.05) is 54.1 Å². The Labute approximate surface area is 198 Å². The van der Waals surface area contributed by atoms with Crippen molar-refractivity contribution < 1.29 is 4.79 Å². The molecular formula is C24H26ClN7O. The summed E-state index contributed by atoms with van der Waals surface area (Å²) in [6.45, 7) is 7.64. The van der Waals surface area contributed by atoms with Crippen molar-refractivity contribution in [3.63, 3.8) is 0 Å². The van der Waals surface area contributed by atoms with E-state index in [0.717, 1.165) is 37.6 Å². The van der Waals surface area contributed by atoms with Crippen LogP contribution in [0.2, 0.25) is 5.02 Å². The van der Waals surface area contributed by atoms with E-state index in [-0.39, 0.29) is 5.91 Å². The first kappa shape index (κ1) is 22.6. The summed E-state index contributed by atoms with van der Waals surface area (Å²) < 4.78 is 0. The quantitative estimate of drug-likeness (QED) is 0.445. The molecule has 1 fully saturated rings. The fourth-order valence-corrected chi connectivity index (χ4v) is 3.57. The number of anilines is 6. The van der Waals surface area contributed by atoms with Gasteiger partial charge in [-0.05, 0) is 61.7 Å². The molecular weight excluding hydrogens is 438 g/mol. The average molecular weight is 464 g/mol. The first-order valence-electron chi connectivity index (χ1n) is 10.6. The van der Waals surface area contributed by atoms with Gasteiger partial charge in [0.15, 0.2) is 5.82 Å². The average Bonchev–Trinajstić information content (AvgIpc) is 2.83. The number of nitrogens with zero attached hydrogens (tertiary/aromatic N) is 4. The fourth-order valence-electron chi connectivity index (χ4n) is 3.43. The third-order valence-corrected chi connectivity index (χ3v) is 5.61. The number of rotatable bonds is 7. The minimum Gasteiger partial charge on any atom is -0.369 e. The summed E-state index contributed by atoms with van der Waals surface area (Å²) in [5.74, 6) is 0.650. The molecule has 0 atom stereocenters. The zero-order valence-corrected chi connectivity index (χ0v) is 19.1. The maximum Gasteiger partial charge on any atom is 0.247 e. The molecule has 4 rings (SSSR count). The van der Waals surface area contributed by atoms with Crippen LogP contribution in [-0.2, 0) is 4.79 Å². The molecule has 2 aromatic carbocycles. The Balaban J connectivity index is 1.41. The van der Waals surface area contributed by atoms with Crippen LogP contribution in [0.3, 0.4) is 0 Å². The normalized spacial score (nSPS) is 13.9. The highest BCUT2D eigenvalue weighted by Gasteiger charge is 2.14. The standard InChI is InChI=1S/C24H26ClN7O/c1-3-22(33)27-17-4-6-18(7-5-17)28-23-21(25)16-26-24(30-23)29-19-8-10-20(11-9-19)32-14-12-31(2)13-15-32/h3-11,16H,1,12-15H2,2H3,(H,27,33)(H2,26,28,29,30). The molecule has 0 unspecified atom stereocenters. The Hall–Kier alpha value is -3.62. The molecule has 9 heteroatoms. The molecule has 170 valence electrons. The van der Waals surface area contributed by atoms with Crippen LogP contribution in [0.4, 0.5) is 34.5 Å². The number of piperazine rings is 1. The van der Waals surface area contributed by atoms with Gasteiger partial charge in [0.1, 0.15) is 5.02 Å². The minimum absolute atomic E-state index is 0.262. The van der Waals surface area contributed by atoms with Crippen LogP contribution in [0.1, 0.15) is 0 Å². The Morgan fingerprint density at radius 2 is 1.58 bits per heavy atom. The number of nitrogens with one attached hydrogen (secondary N) is 3. The highest BCUT2D eigenvalue weighted by molar-refractivity contribution is 6.32. The zero-order valence-electron chi connectivity index (χ0n) is 18.4. The maximum atomic E-state index is 11.4. The molecule has 3 aromatic rings. The SMILES string of the molecule is C=CC(=O)Nc1ccc(Nc2nc(Nc3ccc(N4CCN(C)CC4)cc3)ncc2Cl)cc1. The van der Waals surface area contributed by atoms with Crippen molar-refractivity contribution in [2.45, 2.75) is 0 Å². The number of carbonyl (C=O) groups excluding carboxylic acids is 1. The van der Waals surface area contributed by atoms with Gasteiger partial charge in [0, 0.05) is 48.9 Å². The number of aromatic nitrogens is 2. The van der Waals surface area contributed by atoms with Crippen LogP contribution >= 0.6 is 11.6 Å². The Morgan fingerprint density at radius 3 is 2.24 bits per heavy atom. The van der Waals surface area contributed by atoms with Crippen molar-refractivity contribution in [1.82, 2.24) is 14.9 Å². The number of carbonyl (C=O) groups is 1. The number of amides is 1. The second kappa shape index (κ2) is 10.3. The Morgan fingerprint density at radius 1 is 0.970 bits per heavy atom. The lowest BCUT2D eigenvalue weighted by Gasteiger charge is -2.34. The predicted molar refractivity (Wildman–Crippen MR) is 135 cm³/mol. The van der Waals surface area contributed by atoms with E-state index in [1.165, 1.54) is 11.8 Å². The summed E-state index contributed by atoms with van der Waals surface area (Å²) in [5, 5.41) is 9.51. The van der Waals surface area contributed by atoms with Crippen molar-refractivity contribution in [1.29, 1.82) is 0 Å². The summed E-state index contributed by atoms with van der Waals surface area (Å²) in [6.07, 6.45) is 2.78. The van der Waals surface area contributed by atoms with Crippen molar-refractivity contribution >= 4 is 52.0 Å². The second-order valence-corrected chi connectivity index (χ2v) is 8.16. The third kappa shape index (κ3) is 6.00. The van der Waals surface area contributed by atoms with Crippen LogP contribution in [0.25, 0.3) is 0 Å². The molecule has 0 saturated carbocycles. The number of halogens is 1. The summed E-state index contributed by atoms with van der Waals surface area (Å²) in [7, 11) is 2.15. The van der Waals surface area contributed by atoms with E-state index in [9.17, 15) is 4.79 Å². The van der Waals surface area contributed by atoms with Gasteiger partial charge < -0.3 is 25.8 Å². The van der Waals surface area contributed by atoms with Gasteiger partial charge in [-0.25, -0.2) is 4.98 Å². The number of benzene rings is 2. The molecule has 33 heavy (non-hydrogen) atoms. The Kier molecular flexibility index (Phi) is 7.07. The molecule has 8 nitrogen and oxygen atoms in total. The topological polar surface area (TPSA) is 85.4 Å². The maximum absolute atomic E-state index is 11.4. The lowest BCUT2D eigenvalue weighted by molar-refractivity contribution is -0.111. The van der Waals surface area contributed by atoms with E-state index in [0.29, 0.717) is 22.5 Å². The van der Waals surface area contributed by atoms with E-state index in [1.807, 2.05) is 24.3 Å². The zero-order chi connectivity index (χ0) is 23.2. The van der Waals surface area contributed by atoms with E-state index in [1.54, 1.807) is 18.3 Å². The van der Waals surface area contributed by atoms with E-state index < -0.39 is 0 Å². The molecule has 0 spiro atoms. The van der Waals surface area contributed by atoms with Gasteiger partial charge in [-0.1, -0.05) is 18.2 Å². The van der Waals surface area contributed by atoms with Crippen molar-refractivity contribution in [2.24, 2.45) is 0 Å². The lowest BCUT2D eigenvalue weighted by atomic mass is 10.2. The molecule has 1 aliphatic rings. The third-order valence-electron chi connectivity index (χ3n) is 5.34. The van der Waals surface area contributed by atoms with Gasteiger partial charge >= 0.3 is 0 Å². The monoisotopic (exact) mass is 463 g/mol. The molecule has 2 heterocycles. The van der Waals surface area contributed by atoms with E-state index in [4.69, 9.17) is 11.6 Å². The van der Waals surface area contributed by atoms with Gasteiger partial charge in [0.05, 0.1) is 6.20 Å². The minimum atomic E-state index is -0.262. The van der Waals surface area contributed by atoms with Gasteiger partial charge in [0.2, 0.25) is 11.9 Å². The van der Waals surface area contributed by atoms with Crippen molar-refractivity contribution in [3.8, 4) is 0 Å². The number of hydrogen-bond donors (Lipinski definition) is 3. The van der Waals surface area contributed by atoms with E-state index in [2.05, 4.69) is 61.5 Å². The molecule has 0 bridgehead atoms. The van der Waals surface area contributed by atoms with Crippen LogP contribution in [0.5, 0.6) is 0 Å². The first-order chi connectivity index (χ1) is 16.0. The van der Waals surface area contributed by atoms with Gasteiger partial charge in [-0.15, -0.1) is 0 Å². The summed E-state index contributed by atoms with van der Waals surface area (Å²) in [6, 6.07) is 15.5. The molecule has 0 aliphatic carbocycles. The molecule has 3 N–H and O–H groups in total. The highest BCUT2D eigenvalue weighted by atomic mass is 35.5. The number of likely N-dealkylation sites (N-methyl/N-ethyl adjacent to an activating group) is 1. The molecule has 1 aliphatic heterocycles. The smallest absolute Gasteiger partial charge is 0.247 e. The van der Waals surface area contributed by atoms with Crippen LogP contribution in [0, 0.1) is 0 Å². The molecule has 1 saturated heterocycles. The van der Waals surface area contributed by atoms with Crippen molar-refractivity contribution in [3.05, 3.63) is 72.4 Å². The predicted octanol–water partition coefficient (Wildman–Crippen LogP) is 4.49. The van der Waals surface area contributed by atoms with Crippen LogP contribution in [-0.4, -0.2) is 54.0 Å². The van der Waals surface area contributed by atoms with Gasteiger partial charge in [-0.3, -0.25) is 4.79 Å². The Bertz CT molecular complexity index is 1110. The largest absolute Gasteiger partial charge is 0.369 e. The number of hydrogen-bond acceptors (Lipinski definition) is 7. The molecule has 0 radical (unpaired) electrons. The highest BCUT2D eigenvalue weighted by Crippen LogP contribution is 2.26. The summed E-state index contributed by atoms with van der Waals surface area (Å²) >= 11 is 6.29. The second-order valence-electron chi connectivity index (χ2n) is 7.75. The van der Waals surface area contributed by atoms with Gasteiger partial charge in [-0.2, -0.15) is 4.98 Å². The lowest BCUT2D eigenvalue weighted by Crippen LogP contribution is -2.44. The fraction of sp³-hybridized carbons (Fsp3) is 0.208. The summed E-state index contributed by atoms with van der Waals surface area (Å²) in [5.41, 5.74) is 3.54. The first-order valence-corrected chi connectivity index (χ1v) is 11.0. The molecule has 1 amide bonds. The van der Waals surface area contributed by atoms with Gasteiger partial charge in [0.25, 0.3) is 0 Å². The summed E-state index contributed by atoms with van der Waals surface area (Å²) in [4.78, 5) is 24.9. The van der Waals surface area contributed by atoms with E-state index >= 15 is 0 Å².